The number of nitriles is 1. The van der Waals surface area contributed by atoms with E-state index in [2.05, 4.69) is 18.2 Å². The Balaban J connectivity index is 1.64. The SMILES string of the molecule is CN(Cc1ccc(C#N)cc1)C(=O)C1Cc2ccccc2S1. The van der Waals surface area contributed by atoms with E-state index in [4.69, 9.17) is 5.26 Å². The fourth-order valence-corrected chi connectivity index (χ4v) is 3.91. The molecule has 1 amide bonds. The number of hydrogen-bond acceptors (Lipinski definition) is 3. The Kier molecular flexibility index (Phi) is 4.17. The first kappa shape index (κ1) is 14.7. The molecule has 1 unspecified atom stereocenters. The Hall–Kier alpha value is -2.25. The molecule has 0 N–H and O–H groups in total. The predicted molar refractivity (Wildman–Crippen MR) is 87.4 cm³/mol. The molecule has 0 radical (unpaired) electrons. The number of hydrogen-bond donors (Lipinski definition) is 0. The second-order valence-electron chi connectivity index (χ2n) is 5.42. The van der Waals surface area contributed by atoms with Crippen LogP contribution in [0.3, 0.4) is 0 Å². The summed E-state index contributed by atoms with van der Waals surface area (Å²) >= 11 is 1.65. The number of carbonyl (C=O) groups is 1. The highest BCUT2D eigenvalue weighted by molar-refractivity contribution is 8.01. The van der Waals surface area contributed by atoms with Crippen molar-refractivity contribution in [3.63, 3.8) is 0 Å². The summed E-state index contributed by atoms with van der Waals surface area (Å²) in [7, 11) is 1.84. The number of amides is 1. The van der Waals surface area contributed by atoms with Crippen LogP contribution in [0.4, 0.5) is 0 Å². The first-order valence-electron chi connectivity index (χ1n) is 7.16. The zero-order valence-corrected chi connectivity index (χ0v) is 13.1. The van der Waals surface area contributed by atoms with E-state index in [0.29, 0.717) is 12.1 Å². The van der Waals surface area contributed by atoms with Crippen LogP contribution >= 0.6 is 11.8 Å². The summed E-state index contributed by atoms with van der Waals surface area (Å²) in [5.74, 6) is 0.158. The van der Waals surface area contributed by atoms with E-state index in [-0.39, 0.29) is 11.2 Å². The molecule has 3 nitrogen and oxygen atoms in total. The summed E-state index contributed by atoms with van der Waals surface area (Å²) in [4.78, 5) is 15.6. The van der Waals surface area contributed by atoms with Gasteiger partial charge in [0.05, 0.1) is 16.9 Å². The molecular weight excluding hydrogens is 292 g/mol. The summed E-state index contributed by atoms with van der Waals surface area (Å²) in [6.07, 6.45) is 0.803. The molecule has 22 heavy (non-hydrogen) atoms. The maximum Gasteiger partial charge on any atom is 0.236 e. The summed E-state index contributed by atoms with van der Waals surface area (Å²) in [5, 5.41) is 8.78. The van der Waals surface area contributed by atoms with Gasteiger partial charge in [-0.25, -0.2) is 0 Å². The van der Waals surface area contributed by atoms with Crippen LogP contribution in [-0.4, -0.2) is 23.1 Å². The third-order valence-corrected chi connectivity index (χ3v) is 5.11. The normalized spacial score (nSPS) is 15.9. The third-order valence-electron chi connectivity index (χ3n) is 3.80. The zero-order chi connectivity index (χ0) is 15.5. The lowest BCUT2D eigenvalue weighted by atomic mass is 10.1. The Bertz CT molecular complexity index is 708. The summed E-state index contributed by atoms with van der Waals surface area (Å²) in [5.41, 5.74) is 2.94. The van der Waals surface area contributed by atoms with Gasteiger partial charge in [-0.15, -0.1) is 11.8 Å². The molecule has 2 aromatic rings. The van der Waals surface area contributed by atoms with Crippen molar-refractivity contribution >= 4 is 17.7 Å². The average Bonchev–Trinajstić information content (AvgIpc) is 2.98. The molecule has 0 fully saturated rings. The van der Waals surface area contributed by atoms with Gasteiger partial charge in [-0.2, -0.15) is 5.26 Å². The molecule has 1 atom stereocenters. The molecule has 1 aliphatic heterocycles. The lowest BCUT2D eigenvalue weighted by Crippen LogP contribution is -2.34. The second kappa shape index (κ2) is 6.25. The van der Waals surface area contributed by atoms with Crippen LogP contribution < -0.4 is 0 Å². The summed E-state index contributed by atoms with van der Waals surface area (Å²) in [6.45, 7) is 0.567. The highest BCUT2D eigenvalue weighted by Gasteiger charge is 2.29. The van der Waals surface area contributed by atoms with Crippen LogP contribution in [0.2, 0.25) is 0 Å². The van der Waals surface area contributed by atoms with Gasteiger partial charge >= 0.3 is 0 Å². The van der Waals surface area contributed by atoms with Gasteiger partial charge in [-0.1, -0.05) is 30.3 Å². The minimum Gasteiger partial charge on any atom is -0.340 e. The van der Waals surface area contributed by atoms with Gasteiger partial charge in [0.2, 0.25) is 5.91 Å². The van der Waals surface area contributed by atoms with Crippen LogP contribution in [-0.2, 0) is 17.8 Å². The molecule has 1 aliphatic rings. The van der Waals surface area contributed by atoms with Gasteiger partial charge in [0.1, 0.15) is 0 Å². The van der Waals surface area contributed by atoms with Crippen molar-refractivity contribution in [2.75, 3.05) is 7.05 Å². The largest absolute Gasteiger partial charge is 0.340 e. The molecule has 1 heterocycles. The molecule has 0 saturated heterocycles. The highest BCUT2D eigenvalue weighted by atomic mass is 32.2. The molecule has 0 spiro atoms. The number of carbonyl (C=O) groups excluding carboxylic acids is 1. The summed E-state index contributed by atoms with van der Waals surface area (Å²) in [6, 6.07) is 17.7. The van der Waals surface area contributed by atoms with Crippen LogP contribution in [0.5, 0.6) is 0 Å². The van der Waals surface area contributed by atoms with Gasteiger partial charge in [0, 0.05) is 18.5 Å². The van der Waals surface area contributed by atoms with Crippen LogP contribution in [0, 0.1) is 11.3 Å². The number of fused-ring (bicyclic) bond motifs is 1. The lowest BCUT2D eigenvalue weighted by Gasteiger charge is -2.20. The first-order valence-corrected chi connectivity index (χ1v) is 8.04. The Morgan fingerprint density at radius 2 is 2.00 bits per heavy atom. The molecule has 0 saturated carbocycles. The van der Waals surface area contributed by atoms with E-state index >= 15 is 0 Å². The van der Waals surface area contributed by atoms with Crippen molar-refractivity contribution in [2.24, 2.45) is 0 Å². The quantitative estimate of drug-likeness (QED) is 0.874. The number of rotatable bonds is 3. The van der Waals surface area contributed by atoms with E-state index in [0.717, 1.165) is 12.0 Å². The Morgan fingerprint density at radius 1 is 1.27 bits per heavy atom. The minimum absolute atomic E-state index is 0.0271. The lowest BCUT2D eigenvalue weighted by molar-refractivity contribution is -0.129. The van der Waals surface area contributed by atoms with E-state index in [1.807, 2.05) is 31.3 Å². The van der Waals surface area contributed by atoms with Gasteiger partial charge in [0.25, 0.3) is 0 Å². The second-order valence-corrected chi connectivity index (χ2v) is 6.67. The fraction of sp³-hybridized carbons (Fsp3) is 0.222. The van der Waals surface area contributed by atoms with Crippen molar-refractivity contribution in [2.45, 2.75) is 23.1 Å². The van der Waals surface area contributed by atoms with E-state index in [9.17, 15) is 4.79 Å². The molecule has 3 rings (SSSR count). The van der Waals surface area contributed by atoms with Crippen molar-refractivity contribution in [3.8, 4) is 6.07 Å². The topological polar surface area (TPSA) is 44.1 Å². The molecule has 4 heteroatoms. The zero-order valence-electron chi connectivity index (χ0n) is 12.3. The molecule has 0 aliphatic carbocycles. The van der Waals surface area contributed by atoms with E-state index < -0.39 is 0 Å². The van der Waals surface area contributed by atoms with Crippen LogP contribution in [0.1, 0.15) is 16.7 Å². The average molecular weight is 308 g/mol. The van der Waals surface area contributed by atoms with Crippen LogP contribution in [0.25, 0.3) is 0 Å². The number of thioether (sulfide) groups is 1. The Labute approximate surface area is 134 Å². The van der Waals surface area contributed by atoms with Crippen LogP contribution in [0.15, 0.2) is 53.4 Å². The standard InChI is InChI=1S/C18H16N2OS/c1-20(12-14-8-6-13(11-19)7-9-14)18(21)17-10-15-4-2-3-5-16(15)22-17/h2-9,17H,10,12H2,1H3. The van der Waals surface area contributed by atoms with E-state index in [1.165, 1.54) is 10.5 Å². The van der Waals surface area contributed by atoms with Crippen molar-refractivity contribution in [1.29, 1.82) is 5.26 Å². The van der Waals surface area contributed by atoms with Gasteiger partial charge in [-0.3, -0.25) is 4.79 Å². The van der Waals surface area contributed by atoms with Crippen molar-refractivity contribution < 1.29 is 4.79 Å². The minimum atomic E-state index is -0.0271. The predicted octanol–water partition coefficient (Wildman–Crippen LogP) is 3.23. The van der Waals surface area contributed by atoms with Gasteiger partial charge in [-0.05, 0) is 35.7 Å². The van der Waals surface area contributed by atoms with Crippen molar-refractivity contribution in [1.82, 2.24) is 4.90 Å². The van der Waals surface area contributed by atoms with Crippen molar-refractivity contribution in [3.05, 3.63) is 65.2 Å². The van der Waals surface area contributed by atoms with E-state index in [1.54, 1.807) is 28.8 Å². The third kappa shape index (κ3) is 3.00. The molecule has 110 valence electrons. The maximum absolute atomic E-state index is 12.6. The molecular formula is C18H16N2OS. The molecule has 2 aromatic carbocycles. The monoisotopic (exact) mass is 308 g/mol. The number of benzene rings is 2. The number of nitrogens with zero attached hydrogens (tertiary/aromatic N) is 2. The Morgan fingerprint density at radius 3 is 2.68 bits per heavy atom. The highest BCUT2D eigenvalue weighted by Crippen LogP contribution is 2.37. The summed E-state index contributed by atoms with van der Waals surface area (Å²) < 4.78 is 0. The fourth-order valence-electron chi connectivity index (χ4n) is 2.60. The smallest absolute Gasteiger partial charge is 0.236 e. The first-order chi connectivity index (χ1) is 10.7. The van der Waals surface area contributed by atoms with Gasteiger partial charge < -0.3 is 4.90 Å². The van der Waals surface area contributed by atoms with Gasteiger partial charge in [0.15, 0.2) is 0 Å². The molecule has 0 aromatic heterocycles. The molecule has 0 bridgehead atoms. The maximum atomic E-state index is 12.6.